The van der Waals surface area contributed by atoms with Crippen LogP contribution in [0.1, 0.15) is 349 Å². The highest BCUT2D eigenvalue weighted by Gasteiger charge is 2.30. The second-order valence-electron chi connectivity index (χ2n) is 25.0. The van der Waals surface area contributed by atoms with Gasteiger partial charge >= 0.3 is 39.5 Å². The Morgan fingerprint density at radius 3 is 0.782 bits per heavy atom. The van der Waals surface area contributed by atoms with Gasteiger partial charge in [0.2, 0.25) is 0 Å². The van der Waals surface area contributed by atoms with Crippen LogP contribution >= 0.6 is 15.6 Å². The maximum Gasteiger partial charge on any atom is 0.472 e. The zero-order valence-corrected chi connectivity index (χ0v) is 57.9. The molecule has 87 heavy (non-hydrogen) atoms. The summed E-state index contributed by atoms with van der Waals surface area (Å²) < 4.78 is 68.1. The summed E-state index contributed by atoms with van der Waals surface area (Å²) in [7, 11) is -9.89. The standard InChI is InChI=1S/C68H132O17P2/c1-6-9-12-15-18-21-24-26-27-28-29-31-34-37-44-49-54-68(73)84-63(57-78-65(70)51-46-41-35-33-30-25-22-19-16-13-10-7-2)59-82-86(74,75)80-55-62(69)56-81-87(76,77)83-60-64(58-79-66(71)52-47-42-39-38-40-45-50-61(4)5)85-67(72)53-48-43-36-32-23-20-17-14-11-8-3/h61-64,69H,6-60H2,1-5H3,(H,74,75)(H,76,77)/t62-,63-,64-/m1/s1. The summed E-state index contributed by atoms with van der Waals surface area (Å²) in [6.07, 6.45) is 47.2. The fraction of sp³-hybridized carbons (Fsp3) is 0.941. The van der Waals surface area contributed by atoms with Crippen LogP contribution in [0.3, 0.4) is 0 Å². The summed E-state index contributed by atoms with van der Waals surface area (Å²) in [5.41, 5.74) is 0. The Kier molecular flexibility index (Phi) is 60.2. The van der Waals surface area contributed by atoms with E-state index in [1.165, 1.54) is 167 Å². The maximum absolute atomic E-state index is 13.0. The van der Waals surface area contributed by atoms with Gasteiger partial charge in [0, 0.05) is 25.7 Å². The average molecular weight is 1280 g/mol. The van der Waals surface area contributed by atoms with Crippen molar-refractivity contribution in [2.24, 2.45) is 5.92 Å². The number of esters is 4. The molecule has 0 aromatic rings. The normalized spacial score (nSPS) is 14.1. The molecule has 0 spiro atoms. The fourth-order valence-corrected chi connectivity index (χ4v) is 11.9. The number of phosphoric ester groups is 2. The third-order valence-corrected chi connectivity index (χ3v) is 17.7. The Morgan fingerprint density at radius 2 is 0.529 bits per heavy atom. The molecule has 17 nitrogen and oxygen atoms in total. The number of aliphatic hydroxyl groups excluding tert-OH is 1. The lowest BCUT2D eigenvalue weighted by molar-refractivity contribution is -0.161. The van der Waals surface area contributed by atoms with E-state index in [1.54, 1.807) is 0 Å². The molecule has 0 fully saturated rings. The molecule has 5 atom stereocenters. The van der Waals surface area contributed by atoms with Crippen LogP contribution in [0.25, 0.3) is 0 Å². The van der Waals surface area contributed by atoms with E-state index in [2.05, 4.69) is 34.6 Å². The Bertz CT molecular complexity index is 1690. The number of hydrogen-bond donors (Lipinski definition) is 3. The first-order valence-corrected chi connectivity index (χ1v) is 38.6. The lowest BCUT2D eigenvalue weighted by Gasteiger charge is -2.21. The molecular weight excluding hydrogens is 1150 g/mol. The molecule has 0 aliphatic carbocycles. The Balaban J connectivity index is 5.22. The number of ether oxygens (including phenoxy) is 4. The van der Waals surface area contributed by atoms with E-state index in [9.17, 15) is 43.2 Å². The predicted molar refractivity (Wildman–Crippen MR) is 349 cm³/mol. The molecule has 19 heteroatoms. The van der Waals surface area contributed by atoms with Gasteiger partial charge in [-0.15, -0.1) is 0 Å². The first-order chi connectivity index (χ1) is 42.0. The van der Waals surface area contributed by atoms with Crippen molar-refractivity contribution in [3.05, 3.63) is 0 Å². The van der Waals surface area contributed by atoms with E-state index in [0.29, 0.717) is 31.6 Å². The van der Waals surface area contributed by atoms with Gasteiger partial charge in [-0.3, -0.25) is 37.3 Å². The van der Waals surface area contributed by atoms with Crippen molar-refractivity contribution in [1.82, 2.24) is 0 Å². The van der Waals surface area contributed by atoms with Gasteiger partial charge in [0.1, 0.15) is 19.3 Å². The van der Waals surface area contributed by atoms with Crippen LogP contribution in [-0.4, -0.2) is 96.7 Å². The molecule has 516 valence electrons. The third-order valence-electron chi connectivity index (χ3n) is 15.8. The van der Waals surface area contributed by atoms with Gasteiger partial charge < -0.3 is 33.8 Å². The third kappa shape index (κ3) is 62.6. The highest BCUT2D eigenvalue weighted by atomic mass is 31.2. The van der Waals surface area contributed by atoms with Crippen LogP contribution in [0.2, 0.25) is 0 Å². The summed E-state index contributed by atoms with van der Waals surface area (Å²) in [5, 5.41) is 10.6. The van der Waals surface area contributed by atoms with E-state index >= 15 is 0 Å². The van der Waals surface area contributed by atoms with E-state index in [1.807, 2.05) is 0 Å². The summed E-state index contributed by atoms with van der Waals surface area (Å²) in [5.74, 6) is -1.45. The quantitative estimate of drug-likeness (QED) is 0.0222. The minimum atomic E-state index is -4.95. The summed E-state index contributed by atoms with van der Waals surface area (Å²) in [6.45, 7) is 7.14. The van der Waals surface area contributed by atoms with Crippen LogP contribution < -0.4 is 0 Å². The smallest absolute Gasteiger partial charge is 0.462 e. The second-order valence-corrected chi connectivity index (χ2v) is 27.9. The number of carbonyl (C=O) groups is 4. The average Bonchev–Trinajstić information content (AvgIpc) is 3.70. The van der Waals surface area contributed by atoms with Gasteiger partial charge in [0.15, 0.2) is 12.2 Å². The predicted octanol–water partition coefficient (Wildman–Crippen LogP) is 19.4. The monoisotopic (exact) mass is 1280 g/mol. The second kappa shape index (κ2) is 61.6. The van der Waals surface area contributed by atoms with Crippen LogP contribution in [0, 0.1) is 5.92 Å². The molecule has 0 amide bonds. The number of phosphoric acid groups is 2. The van der Waals surface area contributed by atoms with Crippen molar-refractivity contribution < 1.29 is 80.2 Å². The van der Waals surface area contributed by atoms with Crippen molar-refractivity contribution >= 4 is 39.5 Å². The van der Waals surface area contributed by atoms with E-state index < -0.39 is 97.5 Å². The summed E-state index contributed by atoms with van der Waals surface area (Å²) in [4.78, 5) is 72.4. The SMILES string of the molecule is CCCCCCCCCCCCCCCCCCC(=O)O[C@H](COC(=O)CCCCCCCCCCCCCC)COP(=O)(O)OC[C@@H](O)COP(=O)(O)OC[C@@H](COC(=O)CCCCCCCCC(C)C)OC(=O)CCCCCCCCCCCC. The Labute approximate surface area is 530 Å². The minimum Gasteiger partial charge on any atom is -0.462 e. The van der Waals surface area contributed by atoms with Crippen molar-refractivity contribution in [2.45, 2.75) is 368 Å². The highest BCUT2D eigenvalue weighted by Crippen LogP contribution is 2.45. The molecular formula is C68H132O17P2. The van der Waals surface area contributed by atoms with Crippen molar-refractivity contribution in [3.8, 4) is 0 Å². The van der Waals surface area contributed by atoms with E-state index in [0.717, 1.165) is 96.3 Å². The number of unbranched alkanes of at least 4 members (excludes halogenated alkanes) is 40. The molecule has 0 heterocycles. The molecule has 0 aliphatic rings. The number of hydrogen-bond acceptors (Lipinski definition) is 15. The molecule has 0 radical (unpaired) electrons. The number of rotatable bonds is 68. The summed E-state index contributed by atoms with van der Waals surface area (Å²) >= 11 is 0. The molecule has 0 aromatic heterocycles. The van der Waals surface area contributed by atoms with Gasteiger partial charge in [-0.2, -0.15) is 0 Å². The minimum absolute atomic E-state index is 0.106. The zero-order chi connectivity index (χ0) is 64.2. The molecule has 2 unspecified atom stereocenters. The van der Waals surface area contributed by atoms with Gasteiger partial charge in [0.05, 0.1) is 26.4 Å². The molecule has 0 bridgehead atoms. The molecule has 0 aliphatic heterocycles. The van der Waals surface area contributed by atoms with Gasteiger partial charge in [-0.05, 0) is 31.6 Å². The van der Waals surface area contributed by atoms with E-state index in [4.69, 9.17) is 37.0 Å². The first-order valence-electron chi connectivity index (χ1n) is 35.6. The summed E-state index contributed by atoms with van der Waals surface area (Å²) in [6, 6.07) is 0. The topological polar surface area (TPSA) is 237 Å². The van der Waals surface area contributed by atoms with Crippen LogP contribution in [0.4, 0.5) is 0 Å². The maximum atomic E-state index is 13.0. The molecule has 0 saturated carbocycles. The lowest BCUT2D eigenvalue weighted by Crippen LogP contribution is -2.30. The number of carbonyl (C=O) groups excluding carboxylic acids is 4. The zero-order valence-electron chi connectivity index (χ0n) is 56.2. The van der Waals surface area contributed by atoms with Crippen molar-refractivity contribution in [2.75, 3.05) is 39.6 Å². The van der Waals surface area contributed by atoms with E-state index in [-0.39, 0.29) is 25.7 Å². The van der Waals surface area contributed by atoms with Gasteiger partial charge in [-0.25, -0.2) is 9.13 Å². The largest absolute Gasteiger partial charge is 0.472 e. The molecule has 0 aromatic carbocycles. The number of aliphatic hydroxyl groups is 1. The van der Waals surface area contributed by atoms with Crippen molar-refractivity contribution in [3.63, 3.8) is 0 Å². The van der Waals surface area contributed by atoms with Crippen molar-refractivity contribution in [1.29, 1.82) is 0 Å². The van der Waals surface area contributed by atoms with Gasteiger partial charge in [-0.1, -0.05) is 298 Å². The van der Waals surface area contributed by atoms with Gasteiger partial charge in [0.25, 0.3) is 0 Å². The first kappa shape index (κ1) is 85.1. The van der Waals surface area contributed by atoms with Crippen LogP contribution in [0.15, 0.2) is 0 Å². The highest BCUT2D eigenvalue weighted by molar-refractivity contribution is 7.47. The molecule has 0 saturated heterocycles. The molecule has 3 N–H and O–H groups in total. The molecule has 0 rings (SSSR count). The van der Waals surface area contributed by atoms with Crippen LogP contribution in [0.5, 0.6) is 0 Å². The Morgan fingerprint density at radius 1 is 0.310 bits per heavy atom. The lowest BCUT2D eigenvalue weighted by atomic mass is 10.0. The Hall–Kier alpha value is -1.94. The van der Waals surface area contributed by atoms with Crippen LogP contribution in [-0.2, 0) is 65.4 Å². The fourth-order valence-electron chi connectivity index (χ4n) is 10.3.